The van der Waals surface area contributed by atoms with Crippen molar-refractivity contribution in [3.63, 3.8) is 0 Å². The van der Waals surface area contributed by atoms with Crippen LogP contribution in [0.2, 0.25) is 0 Å². The monoisotopic (exact) mass is 255 g/mol. The van der Waals surface area contributed by atoms with Gasteiger partial charge in [-0.25, -0.2) is 9.48 Å². The van der Waals surface area contributed by atoms with Crippen LogP contribution in [0.5, 0.6) is 0 Å². The molecule has 0 amide bonds. The molecule has 1 heterocycles. The van der Waals surface area contributed by atoms with Gasteiger partial charge >= 0.3 is 5.97 Å². The zero-order valence-corrected chi connectivity index (χ0v) is 11.6. The molecule has 0 atom stereocenters. The largest absolute Gasteiger partial charge is 0.464 e. The molecule has 1 aromatic heterocycles. The molecule has 0 saturated carbocycles. The minimum atomic E-state index is -0.501. The molecule has 2 N–H and O–H groups in total. The van der Waals surface area contributed by atoms with E-state index in [1.165, 1.54) is 7.11 Å². The average Bonchev–Trinajstić information content (AvgIpc) is 2.62. The summed E-state index contributed by atoms with van der Waals surface area (Å²) in [6.07, 6.45) is 0. The highest BCUT2D eigenvalue weighted by atomic mass is 16.5. The Morgan fingerprint density at radius 2 is 2.06 bits per heavy atom. The van der Waals surface area contributed by atoms with Crippen molar-refractivity contribution in [3.05, 3.63) is 11.3 Å². The van der Waals surface area contributed by atoms with E-state index in [1.807, 2.05) is 27.7 Å². The highest BCUT2D eigenvalue weighted by Gasteiger charge is 2.27. The maximum Gasteiger partial charge on any atom is 0.359 e. The van der Waals surface area contributed by atoms with Gasteiger partial charge in [-0.1, -0.05) is 0 Å². The summed E-state index contributed by atoms with van der Waals surface area (Å²) in [6, 6.07) is 0. The minimum Gasteiger partial charge on any atom is -0.464 e. The van der Waals surface area contributed by atoms with E-state index in [1.54, 1.807) is 4.68 Å². The molecule has 102 valence electrons. The molecule has 0 radical (unpaired) electrons. The molecule has 0 aliphatic heterocycles. The topological polar surface area (TPSA) is 79.4 Å². The lowest BCUT2D eigenvalue weighted by Crippen LogP contribution is -2.25. The van der Waals surface area contributed by atoms with E-state index >= 15 is 0 Å². The van der Waals surface area contributed by atoms with Crippen molar-refractivity contribution in [1.82, 2.24) is 9.78 Å². The van der Waals surface area contributed by atoms with Gasteiger partial charge in [0, 0.05) is 6.61 Å². The Bertz CT molecular complexity index is 433. The maximum atomic E-state index is 11.7. The first-order chi connectivity index (χ1) is 8.32. The third-order valence-electron chi connectivity index (χ3n) is 2.49. The molecule has 0 aliphatic carbocycles. The van der Waals surface area contributed by atoms with E-state index in [-0.39, 0.29) is 17.8 Å². The van der Waals surface area contributed by atoms with Gasteiger partial charge < -0.3 is 15.2 Å². The van der Waals surface area contributed by atoms with Gasteiger partial charge in [0.25, 0.3) is 0 Å². The summed E-state index contributed by atoms with van der Waals surface area (Å²) in [4.78, 5) is 11.7. The van der Waals surface area contributed by atoms with E-state index < -0.39 is 5.97 Å². The number of carbonyl (C=O) groups is 1. The van der Waals surface area contributed by atoms with Crippen LogP contribution in [0.4, 0.5) is 5.82 Å². The molecular formula is C12H21N3O3. The summed E-state index contributed by atoms with van der Waals surface area (Å²) >= 11 is 0. The number of carbonyl (C=O) groups excluding carboxylic acids is 1. The average molecular weight is 255 g/mol. The van der Waals surface area contributed by atoms with Crippen LogP contribution in [0.3, 0.4) is 0 Å². The van der Waals surface area contributed by atoms with Gasteiger partial charge in [-0.2, -0.15) is 5.10 Å². The molecule has 6 heteroatoms. The fraction of sp³-hybridized carbons (Fsp3) is 0.667. The maximum absolute atomic E-state index is 11.7. The number of aromatic nitrogens is 2. The third-order valence-corrected chi connectivity index (χ3v) is 2.49. The van der Waals surface area contributed by atoms with Crippen LogP contribution < -0.4 is 5.73 Å². The van der Waals surface area contributed by atoms with E-state index in [2.05, 4.69) is 5.10 Å². The number of nitrogens with zero attached hydrogens (tertiary/aromatic N) is 2. The Hall–Kier alpha value is -1.56. The molecule has 6 nitrogen and oxygen atoms in total. The van der Waals surface area contributed by atoms with Crippen LogP contribution in [0.25, 0.3) is 0 Å². The molecule has 1 aromatic rings. The highest BCUT2D eigenvalue weighted by molar-refractivity contribution is 5.90. The standard InChI is InChI=1S/C12H21N3O3/c1-6-18-7-8-9(11(16)17-5)14-15(10(8)13)12(2,3)4/h6-7,13H2,1-5H3. The molecule has 0 aromatic carbocycles. The Balaban J connectivity index is 3.27. The summed E-state index contributed by atoms with van der Waals surface area (Å²) in [5.41, 5.74) is 6.53. The molecule has 0 unspecified atom stereocenters. The Morgan fingerprint density at radius 1 is 1.44 bits per heavy atom. The molecule has 0 fully saturated rings. The fourth-order valence-corrected chi connectivity index (χ4v) is 1.58. The summed E-state index contributed by atoms with van der Waals surface area (Å²) in [5.74, 6) is -0.0595. The van der Waals surface area contributed by atoms with Crippen LogP contribution in [-0.4, -0.2) is 29.5 Å². The van der Waals surface area contributed by atoms with Crippen molar-refractivity contribution in [2.45, 2.75) is 39.8 Å². The molecule has 18 heavy (non-hydrogen) atoms. The molecule has 0 spiro atoms. The van der Waals surface area contributed by atoms with Crippen LogP contribution in [0.1, 0.15) is 43.7 Å². The number of nitrogen functional groups attached to an aromatic ring is 1. The summed E-state index contributed by atoms with van der Waals surface area (Å²) in [5, 5.41) is 4.24. The Morgan fingerprint density at radius 3 is 2.50 bits per heavy atom. The van der Waals surface area contributed by atoms with Gasteiger partial charge in [0.15, 0.2) is 5.69 Å². The molecule has 0 bridgehead atoms. The zero-order chi connectivity index (χ0) is 13.9. The number of methoxy groups -OCH3 is 1. The van der Waals surface area contributed by atoms with Gasteiger partial charge in [0.1, 0.15) is 5.82 Å². The van der Waals surface area contributed by atoms with Crippen LogP contribution in [-0.2, 0) is 21.6 Å². The number of anilines is 1. The van der Waals surface area contributed by atoms with E-state index in [9.17, 15) is 4.79 Å². The summed E-state index contributed by atoms with van der Waals surface area (Å²) in [7, 11) is 1.32. The Kier molecular flexibility index (Phi) is 4.34. The van der Waals surface area contributed by atoms with Crippen molar-refractivity contribution in [3.8, 4) is 0 Å². The Labute approximate surface area is 107 Å². The number of hydrogen-bond donors (Lipinski definition) is 1. The smallest absolute Gasteiger partial charge is 0.359 e. The van der Waals surface area contributed by atoms with Crippen LogP contribution in [0, 0.1) is 0 Å². The zero-order valence-electron chi connectivity index (χ0n) is 11.6. The normalized spacial score (nSPS) is 11.6. The second-order valence-corrected chi connectivity index (χ2v) is 4.92. The molecule has 0 saturated heterocycles. The van der Waals surface area contributed by atoms with Gasteiger partial charge in [0.2, 0.25) is 0 Å². The van der Waals surface area contributed by atoms with Crippen molar-refractivity contribution >= 4 is 11.8 Å². The number of nitrogens with two attached hydrogens (primary N) is 1. The second kappa shape index (κ2) is 5.39. The number of esters is 1. The lowest BCUT2D eigenvalue weighted by molar-refractivity contribution is 0.0585. The lowest BCUT2D eigenvalue weighted by Gasteiger charge is -2.20. The van der Waals surface area contributed by atoms with Crippen molar-refractivity contribution < 1.29 is 14.3 Å². The predicted molar refractivity (Wildman–Crippen MR) is 68.3 cm³/mol. The van der Waals surface area contributed by atoms with Crippen molar-refractivity contribution in [2.75, 3.05) is 19.5 Å². The van der Waals surface area contributed by atoms with Crippen molar-refractivity contribution in [1.29, 1.82) is 0 Å². The van der Waals surface area contributed by atoms with Crippen molar-refractivity contribution in [2.24, 2.45) is 0 Å². The molecular weight excluding hydrogens is 234 g/mol. The minimum absolute atomic E-state index is 0.221. The molecule has 1 rings (SSSR count). The quantitative estimate of drug-likeness (QED) is 0.826. The fourth-order valence-electron chi connectivity index (χ4n) is 1.58. The van der Waals surface area contributed by atoms with Gasteiger partial charge in [-0.05, 0) is 27.7 Å². The van der Waals surface area contributed by atoms with E-state index in [4.69, 9.17) is 15.2 Å². The number of hydrogen-bond acceptors (Lipinski definition) is 5. The van der Waals surface area contributed by atoms with Gasteiger partial charge in [-0.3, -0.25) is 0 Å². The van der Waals surface area contributed by atoms with Crippen LogP contribution in [0.15, 0.2) is 0 Å². The van der Waals surface area contributed by atoms with E-state index in [0.29, 0.717) is 18.0 Å². The number of rotatable bonds is 4. The number of ether oxygens (including phenoxy) is 2. The molecule has 0 aliphatic rings. The second-order valence-electron chi connectivity index (χ2n) is 4.92. The first kappa shape index (κ1) is 14.5. The predicted octanol–water partition coefficient (Wildman–Crippen LogP) is 1.54. The lowest BCUT2D eigenvalue weighted by atomic mass is 10.1. The first-order valence-electron chi connectivity index (χ1n) is 5.86. The van der Waals surface area contributed by atoms with Gasteiger partial charge in [-0.15, -0.1) is 0 Å². The third kappa shape index (κ3) is 2.81. The first-order valence-corrected chi connectivity index (χ1v) is 5.86. The summed E-state index contributed by atoms with van der Waals surface area (Å²) < 4.78 is 11.7. The van der Waals surface area contributed by atoms with Crippen LogP contribution >= 0.6 is 0 Å². The SMILES string of the molecule is CCOCc1c(C(=O)OC)nn(C(C)(C)C)c1N. The van der Waals surface area contributed by atoms with E-state index in [0.717, 1.165) is 0 Å². The van der Waals surface area contributed by atoms with Gasteiger partial charge in [0.05, 0.1) is 24.8 Å². The highest BCUT2D eigenvalue weighted by Crippen LogP contribution is 2.25. The summed E-state index contributed by atoms with van der Waals surface area (Å²) in [6.45, 7) is 8.55.